The third-order valence-electron chi connectivity index (χ3n) is 2.35. The Morgan fingerprint density at radius 1 is 0.895 bits per heavy atom. The third-order valence-corrected chi connectivity index (χ3v) is 2.35. The molecule has 19 heavy (non-hydrogen) atoms. The molecule has 2 aromatic rings. The SMILES string of the molecule is CC(C)(O)C#Cc1ccc(Oc2ccccc2)cc1. The van der Waals surface area contributed by atoms with Gasteiger partial charge in [-0.3, -0.25) is 0 Å². The van der Waals surface area contributed by atoms with Crippen LogP contribution in [-0.4, -0.2) is 10.7 Å². The summed E-state index contributed by atoms with van der Waals surface area (Å²) in [5.74, 6) is 7.26. The summed E-state index contributed by atoms with van der Waals surface area (Å²) in [6.45, 7) is 3.32. The fourth-order valence-electron chi connectivity index (χ4n) is 1.46. The Morgan fingerprint density at radius 3 is 2.05 bits per heavy atom. The maximum absolute atomic E-state index is 9.53. The zero-order valence-corrected chi connectivity index (χ0v) is 11.1. The monoisotopic (exact) mass is 252 g/mol. The molecule has 2 nitrogen and oxygen atoms in total. The molecule has 0 heterocycles. The second-order valence-electron chi connectivity index (χ2n) is 4.75. The Kier molecular flexibility index (Phi) is 3.89. The van der Waals surface area contributed by atoms with Gasteiger partial charge in [-0.25, -0.2) is 0 Å². The molecule has 0 saturated heterocycles. The summed E-state index contributed by atoms with van der Waals surface area (Å²) in [7, 11) is 0. The second-order valence-corrected chi connectivity index (χ2v) is 4.75. The van der Waals surface area contributed by atoms with Crippen molar-refractivity contribution in [2.75, 3.05) is 0 Å². The van der Waals surface area contributed by atoms with Crippen LogP contribution >= 0.6 is 0 Å². The molecule has 0 radical (unpaired) electrons. The smallest absolute Gasteiger partial charge is 0.127 e. The van der Waals surface area contributed by atoms with E-state index >= 15 is 0 Å². The second kappa shape index (κ2) is 5.60. The molecule has 0 bridgehead atoms. The maximum Gasteiger partial charge on any atom is 0.127 e. The van der Waals surface area contributed by atoms with Gasteiger partial charge in [0.1, 0.15) is 17.1 Å². The van der Waals surface area contributed by atoms with E-state index in [1.807, 2.05) is 54.6 Å². The number of rotatable bonds is 2. The number of hydrogen-bond donors (Lipinski definition) is 1. The highest BCUT2D eigenvalue weighted by Crippen LogP contribution is 2.20. The Morgan fingerprint density at radius 2 is 1.47 bits per heavy atom. The molecule has 0 aliphatic heterocycles. The largest absolute Gasteiger partial charge is 0.457 e. The highest BCUT2D eigenvalue weighted by molar-refractivity contribution is 5.40. The first-order valence-corrected chi connectivity index (χ1v) is 6.11. The average Bonchev–Trinajstić information content (AvgIpc) is 2.38. The first-order chi connectivity index (χ1) is 9.03. The van der Waals surface area contributed by atoms with Crippen molar-refractivity contribution in [3.8, 4) is 23.3 Å². The van der Waals surface area contributed by atoms with Crippen LogP contribution in [0.4, 0.5) is 0 Å². The Balaban J connectivity index is 2.08. The maximum atomic E-state index is 9.53. The Bertz CT molecular complexity index is 581. The molecule has 0 aromatic heterocycles. The fourth-order valence-corrected chi connectivity index (χ4v) is 1.46. The van der Waals surface area contributed by atoms with Crippen LogP contribution in [0, 0.1) is 11.8 Å². The quantitative estimate of drug-likeness (QED) is 0.827. The van der Waals surface area contributed by atoms with E-state index in [0.717, 1.165) is 17.1 Å². The van der Waals surface area contributed by atoms with Crippen LogP contribution in [0.3, 0.4) is 0 Å². The van der Waals surface area contributed by atoms with Gasteiger partial charge < -0.3 is 9.84 Å². The normalized spacial score (nSPS) is 10.5. The van der Waals surface area contributed by atoms with Crippen LogP contribution in [0.25, 0.3) is 0 Å². The summed E-state index contributed by atoms with van der Waals surface area (Å²) < 4.78 is 5.68. The molecule has 0 spiro atoms. The van der Waals surface area contributed by atoms with Gasteiger partial charge in [0.25, 0.3) is 0 Å². The summed E-state index contributed by atoms with van der Waals surface area (Å²) in [5, 5.41) is 9.53. The molecule has 0 saturated carbocycles. The highest BCUT2D eigenvalue weighted by Gasteiger charge is 2.05. The van der Waals surface area contributed by atoms with Crippen LogP contribution in [0.1, 0.15) is 19.4 Å². The number of aliphatic hydroxyl groups is 1. The van der Waals surface area contributed by atoms with E-state index in [0.29, 0.717) is 0 Å². The van der Waals surface area contributed by atoms with Gasteiger partial charge in [0.2, 0.25) is 0 Å². The molecule has 2 heteroatoms. The third kappa shape index (κ3) is 4.50. The topological polar surface area (TPSA) is 29.5 Å². The van der Waals surface area contributed by atoms with Gasteiger partial charge in [0.05, 0.1) is 0 Å². The molecule has 0 fully saturated rings. The average molecular weight is 252 g/mol. The van der Waals surface area contributed by atoms with Crippen LogP contribution in [0.15, 0.2) is 54.6 Å². The molecule has 2 rings (SSSR count). The summed E-state index contributed by atoms with van der Waals surface area (Å²) in [4.78, 5) is 0. The number of ether oxygens (including phenoxy) is 1. The number of hydrogen-bond acceptors (Lipinski definition) is 2. The van der Waals surface area contributed by atoms with E-state index in [4.69, 9.17) is 4.74 Å². The van der Waals surface area contributed by atoms with Crippen LogP contribution < -0.4 is 4.74 Å². The summed E-state index contributed by atoms with van der Waals surface area (Å²) in [5.41, 5.74) is -0.123. The molecule has 0 aliphatic rings. The van der Waals surface area contributed by atoms with Gasteiger partial charge >= 0.3 is 0 Å². The fraction of sp³-hybridized carbons (Fsp3) is 0.176. The molecule has 1 N–H and O–H groups in total. The van der Waals surface area contributed by atoms with Crippen molar-refractivity contribution in [3.05, 3.63) is 60.2 Å². The molecular weight excluding hydrogens is 236 g/mol. The molecule has 0 unspecified atom stereocenters. The zero-order valence-electron chi connectivity index (χ0n) is 11.1. The predicted molar refractivity (Wildman–Crippen MR) is 76.1 cm³/mol. The van der Waals surface area contributed by atoms with Gasteiger partial charge in [-0.05, 0) is 50.2 Å². The van der Waals surface area contributed by atoms with Gasteiger partial charge in [-0.15, -0.1) is 0 Å². The van der Waals surface area contributed by atoms with Gasteiger partial charge in [-0.2, -0.15) is 0 Å². The Hall–Kier alpha value is -2.24. The molecule has 2 aromatic carbocycles. The lowest BCUT2D eigenvalue weighted by Gasteiger charge is -2.06. The van der Waals surface area contributed by atoms with E-state index in [1.54, 1.807) is 13.8 Å². The lowest BCUT2D eigenvalue weighted by molar-refractivity contribution is 0.143. The van der Waals surface area contributed by atoms with Gasteiger partial charge in [0, 0.05) is 5.56 Å². The van der Waals surface area contributed by atoms with E-state index < -0.39 is 5.60 Å². The van der Waals surface area contributed by atoms with Gasteiger partial charge in [-0.1, -0.05) is 30.0 Å². The first-order valence-electron chi connectivity index (χ1n) is 6.11. The summed E-state index contributed by atoms with van der Waals surface area (Å²) in [6, 6.07) is 17.1. The minimum atomic E-state index is -0.973. The van der Waals surface area contributed by atoms with Crippen molar-refractivity contribution in [2.45, 2.75) is 19.4 Å². The molecule has 0 aliphatic carbocycles. The molecular formula is C17H16O2. The van der Waals surface area contributed by atoms with Crippen molar-refractivity contribution in [3.63, 3.8) is 0 Å². The highest BCUT2D eigenvalue weighted by atomic mass is 16.5. The Labute approximate surface area is 113 Å². The van der Waals surface area contributed by atoms with Crippen molar-refractivity contribution < 1.29 is 9.84 Å². The van der Waals surface area contributed by atoms with Crippen molar-refractivity contribution in [2.24, 2.45) is 0 Å². The van der Waals surface area contributed by atoms with Crippen molar-refractivity contribution in [1.29, 1.82) is 0 Å². The van der Waals surface area contributed by atoms with Crippen LogP contribution in [0.2, 0.25) is 0 Å². The van der Waals surface area contributed by atoms with Crippen molar-refractivity contribution >= 4 is 0 Å². The summed E-state index contributed by atoms with van der Waals surface area (Å²) in [6.07, 6.45) is 0. The minimum absolute atomic E-state index is 0.764. The minimum Gasteiger partial charge on any atom is -0.457 e. The van der Waals surface area contributed by atoms with E-state index in [1.165, 1.54) is 0 Å². The summed E-state index contributed by atoms with van der Waals surface area (Å²) >= 11 is 0. The lowest BCUT2D eigenvalue weighted by atomic mass is 10.1. The van der Waals surface area contributed by atoms with E-state index in [2.05, 4.69) is 11.8 Å². The predicted octanol–water partition coefficient (Wildman–Crippen LogP) is 3.60. The lowest BCUT2D eigenvalue weighted by Crippen LogP contribution is -2.14. The first kappa shape index (κ1) is 13.2. The van der Waals surface area contributed by atoms with E-state index in [-0.39, 0.29) is 0 Å². The standard InChI is InChI=1S/C17H16O2/c1-17(2,18)13-12-14-8-10-16(11-9-14)19-15-6-4-3-5-7-15/h3-11,18H,1-2H3. The van der Waals surface area contributed by atoms with Crippen molar-refractivity contribution in [1.82, 2.24) is 0 Å². The number of para-hydroxylation sites is 1. The van der Waals surface area contributed by atoms with Gasteiger partial charge in [0.15, 0.2) is 0 Å². The van der Waals surface area contributed by atoms with E-state index in [9.17, 15) is 5.11 Å². The number of benzene rings is 2. The zero-order chi connectivity index (χ0) is 13.7. The van der Waals surface area contributed by atoms with Crippen LogP contribution in [-0.2, 0) is 0 Å². The molecule has 0 amide bonds. The molecule has 0 atom stereocenters. The molecule has 96 valence electrons. The van der Waals surface area contributed by atoms with Crippen LogP contribution in [0.5, 0.6) is 11.5 Å².